The van der Waals surface area contributed by atoms with Gasteiger partial charge in [0.05, 0.1) is 22.0 Å². The van der Waals surface area contributed by atoms with E-state index in [1.54, 1.807) is 31.2 Å². The number of nitrogens with zero attached hydrogens (tertiary/aromatic N) is 3. The normalized spacial score (nSPS) is 11.0. The fraction of sp³-hybridized carbons (Fsp3) is 0.0833. The predicted octanol–water partition coefficient (Wildman–Crippen LogP) is 6.32. The van der Waals surface area contributed by atoms with Crippen LogP contribution in [0, 0.1) is 13.8 Å². The minimum Gasteiger partial charge on any atom is -0.321 e. The minimum absolute atomic E-state index is 0.282. The molecule has 5 rings (SSSR count). The lowest BCUT2D eigenvalue weighted by Gasteiger charge is -2.04. The summed E-state index contributed by atoms with van der Waals surface area (Å²) in [6, 6.07) is 18.5. The SMILES string of the molecule is Cc1nc(NC(=O)c2cc3c(C)nn(-c4ccccc4)c3s2)sc1C(=O)Nc1cccc(Cl)c1. The van der Waals surface area contributed by atoms with Crippen molar-refractivity contribution >= 4 is 67.1 Å². The number of benzene rings is 2. The number of thiazole rings is 1. The van der Waals surface area contributed by atoms with Crippen LogP contribution in [0.3, 0.4) is 0 Å². The van der Waals surface area contributed by atoms with Gasteiger partial charge in [-0.15, -0.1) is 11.3 Å². The van der Waals surface area contributed by atoms with Crippen molar-refractivity contribution in [1.82, 2.24) is 14.8 Å². The van der Waals surface area contributed by atoms with Gasteiger partial charge in [-0.2, -0.15) is 5.10 Å². The van der Waals surface area contributed by atoms with Gasteiger partial charge in [0.2, 0.25) is 0 Å². The number of amides is 2. The number of para-hydroxylation sites is 1. The van der Waals surface area contributed by atoms with Crippen molar-refractivity contribution in [3.05, 3.63) is 86.8 Å². The first-order valence-corrected chi connectivity index (χ1v) is 12.3. The predicted molar refractivity (Wildman–Crippen MR) is 138 cm³/mol. The average molecular weight is 508 g/mol. The highest BCUT2D eigenvalue weighted by molar-refractivity contribution is 7.21. The molecule has 34 heavy (non-hydrogen) atoms. The Morgan fingerprint density at radius 1 is 0.912 bits per heavy atom. The number of aromatic nitrogens is 3. The van der Waals surface area contributed by atoms with E-state index in [2.05, 4.69) is 20.7 Å². The molecule has 0 spiro atoms. The number of carbonyl (C=O) groups excluding carboxylic acids is 2. The Balaban J connectivity index is 1.36. The van der Waals surface area contributed by atoms with E-state index in [1.165, 1.54) is 11.3 Å². The van der Waals surface area contributed by atoms with Crippen molar-refractivity contribution in [1.29, 1.82) is 0 Å². The van der Waals surface area contributed by atoms with Crippen molar-refractivity contribution in [2.24, 2.45) is 0 Å². The molecule has 2 N–H and O–H groups in total. The lowest BCUT2D eigenvalue weighted by molar-refractivity contribution is 0.102. The molecular weight excluding hydrogens is 490 g/mol. The molecule has 0 saturated carbocycles. The van der Waals surface area contributed by atoms with Gasteiger partial charge in [0.15, 0.2) is 5.13 Å². The van der Waals surface area contributed by atoms with Gasteiger partial charge in [-0.05, 0) is 50.2 Å². The zero-order valence-corrected chi connectivity index (χ0v) is 20.5. The Bertz CT molecular complexity index is 1540. The lowest BCUT2D eigenvalue weighted by atomic mass is 10.3. The fourth-order valence-electron chi connectivity index (χ4n) is 3.48. The Hall–Kier alpha value is -3.53. The smallest absolute Gasteiger partial charge is 0.267 e. The van der Waals surface area contributed by atoms with Gasteiger partial charge in [-0.25, -0.2) is 9.67 Å². The Labute approximate surface area is 208 Å². The summed E-state index contributed by atoms with van der Waals surface area (Å²) < 4.78 is 1.85. The molecule has 3 heterocycles. The van der Waals surface area contributed by atoms with Crippen LogP contribution in [0.5, 0.6) is 0 Å². The zero-order chi connectivity index (χ0) is 23.8. The van der Waals surface area contributed by atoms with Crippen LogP contribution >= 0.6 is 34.3 Å². The number of fused-ring (bicyclic) bond motifs is 1. The second-order valence-electron chi connectivity index (χ2n) is 7.51. The topological polar surface area (TPSA) is 88.9 Å². The molecule has 3 aromatic heterocycles. The third kappa shape index (κ3) is 4.33. The molecular formula is C24H18ClN5O2S2. The van der Waals surface area contributed by atoms with Gasteiger partial charge >= 0.3 is 0 Å². The molecule has 170 valence electrons. The summed E-state index contributed by atoms with van der Waals surface area (Å²) in [4.78, 5) is 31.9. The van der Waals surface area contributed by atoms with Crippen molar-refractivity contribution in [3.8, 4) is 5.69 Å². The quantitative estimate of drug-likeness (QED) is 0.291. The minimum atomic E-state index is -0.307. The van der Waals surface area contributed by atoms with Crippen molar-refractivity contribution in [2.45, 2.75) is 13.8 Å². The van der Waals surface area contributed by atoms with Crippen LogP contribution in [0.4, 0.5) is 10.8 Å². The summed E-state index contributed by atoms with van der Waals surface area (Å²) in [5.41, 5.74) is 2.90. The van der Waals surface area contributed by atoms with Crippen LogP contribution in [0.15, 0.2) is 60.7 Å². The number of thiophene rings is 1. The highest BCUT2D eigenvalue weighted by Crippen LogP contribution is 2.31. The molecule has 0 atom stereocenters. The number of carbonyl (C=O) groups is 2. The maximum atomic E-state index is 13.0. The third-order valence-corrected chi connectivity index (χ3v) is 7.49. The summed E-state index contributed by atoms with van der Waals surface area (Å²) in [5, 5.41) is 12.1. The van der Waals surface area contributed by atoms with E-state index in [0.29, 0.717) is 31.3 Å². The maximum absolute atomic E-state index is 13.0. The van der Waals surface area contributed by atoms with Gasteiger partial charge in [0.1, 0.15) is 9.71 Å². The highest BCUT2D eigenvalue weighted by Gasteiger charge is 2.20. The fourth-order valence-corrected chi connectivity index (χ4v) is 5.60. The molecule has 10 heteroatoms. The van der Waals surface area contributed by atoms with Crippen LogP contribution in [0.25, 0.3) is 15.9 Å². The van der Waals surface area contributed by atoms with Crippen molar-refractivity contribution in [2.75, 3.05) is 10.6 Å². The molecule has 2 aromatic carbocycles. The number of rotatable bonds is 5. The zero-order valence-electron chi connectivity index (χ0n) is 18.1. The number of nitrogens with one attached hydrogen (secondary N) is 2. The van der Waals surface area contributed by atoms with Crippen LogP contribution < -0.4 is 10.6 Å². The number of anilines is 2. The molecule has 0 aliphatic rings. The largest absolute Gasteiger partial charge is 0.321 e. The van der Waals surface area contributed by atoms with E-state index in [0.717, 1.165) is 32.9 Å². The Morgan fingerprint density at radius 3 is 2.47 bits per heavy atom. The Kier molecular flexibility index (Phi) is 5.91. The van der Waals surface area contributed by atoms with Crippen LogP contribution in [-0.4, -0.2) is 26.6 Å². The number of aryl methyl sites for hydroxylation is 2. The van der Waals surface area contributed by atoms with Gasteiger partial charge in [0, 0.05) is 16.1 Å². The van der Waals surface area contributed by atoms with Crippen LogP contribution in [0.2, 0.25) is 5.02 Å². The average Bonchev–Trinajstić information content (AvgIpc) is 3.49. The molecule has 0 aliphatic heterocycles. The number of hydrogen-bond donors (Lipinski definition) is 2. The van der Waals surface area contributed by atoms with Gasteiger partial charge in [-0.3, -0.25) is 14.9 Å². The number of hydrogen-bond acceptors (Lipinski definition) is 6. The summed E-state index contributed by atoms with van der Waals surface area (Å²) in [5.74, 6) is -0.589. The van der Waals surface area contributed by atoms with E-state index in [4.69, 9.17) is 11.6 Å². The molecule has 0 unspecified atom stereocenters. The monoisotopic (exact) mass is 507 g/mol. The molecule has 0 fully saturated rings. The van der Waals surface area contributed by atoms with Crippen molar-refractivity contribution < 1.29 is 9.59 Å². The first-order chi connectivity index (χ1) is 16.4. The van der Waals surface area contributed by atoms with E-state index in [9.17, 15) is 9.59 Å². The second kappa shape index (κ2) is 9.02. The van der Waals surface area contributed by atoms with Crippen molar-refractivity contribution in [3.63, 3.8) is 0 Å². The summed E-state index contributed by atoms with van der Waals surface area (Å²) in [6.45, 7) is 3.65. The molecule has 7 nitrogen and oxygen atoms in total. The second-order valence-corrected chi connectivity index (χ2v) is 9.98. The third-order valence-electron chi connectivity index (χ3n) is 5.07. The van der Waals surface area contributed by atoms with Gasteiger partial charge < -0.3 is 5.32 Å². The maximum Gasteiger partial charge on any atom is 0.267 e. The molecule has 0 radical (unpaired) electrons. The summed E-state index contributed by atoms with van der Waals surface area (Å²) in [6.07, 6.45) is 0. The van der Waals surface area contributed by atoms with E-state index >= 15 is 0 Å². The lowest BCUT2D eigenvalue weighted by Crippen LogP contribution is -2.11. The van der Waals surface area contributed by atoms with E-state index in [-0.39, 0.29) is 11.8 Å². The van der Waals surface area contributed by atoms with Crippen LogP contribution in [-0.2, 0) is 0 Å². The first kappa shape index (κ1) is 22.3. The van der Waals surface area contributed by atoms with E-state index in [1.807, 2.05) is 48.0 Å². The molecule has 0 saturated heterocycles. The number of halogens is 1. The van der Waals surface area contributed by atoms with Gasteiger partial charge in [0.25, 0.3) is 11.8 Å². The molecule has 2 amide bonds. The standard InChI is InChI=1S/C24H18ClN5O2S2/c1-13-18-12-19(33-23(18)30(29-13)17-9-4-3-5-10-17)21(31)28-24-26-14(2)20(34-24)22(32)27-16-8-6-7-15(25)11-16/h3-12H,1-2H3,(H,27,32)(H,26,28,31). The van der Waals surface area contributed by atoms with Gasteiger partial charge in [-0.1, -0.05) is 47.2 Å². The Morgan fingerprint density at radius 2 is 1.71 bits per heavy atom. The molecule has 0 aliphatic carbocycles. The van der Waals surface area contributed by atoms with Crippen LogP contribution in [0.1, 0.15) is 30.7 Å². The first-order valence-electron chi connectivity index (χ1n) is 10.3. The summed E-state index contributed by atoms with van der Waals surface area (Å²) >= 11 is 8.47. The summed E-state index contributed by atoms with van der Waals surface area (Å²) in [7, 11) is 0. The van der Waals surface area contributed by atoms with E-state index < -0.39 is 0 Å². The molecule has 5 aromatic rings. The highest BCUT2D eigenvalue weighted by atomic mass is 35.5. The molecule has 0 bridgehead atoms.